The average molecular weight is 278 g/mol. The van der Waals surface area contributed by atoms with Crippen LogP contribution in [0.15, 0.2) is 10.9 Å². The van der Waals surface area contributed by atoms with Crippen molar-refractivity contribution in [1.82, 2.24) is 9.88 Å². The highest BCUT2D eigenvalue weighted by Gasteiger charge is 2.18. The average Bonchev–Trinajstić information content (AvgIpc) is 2.91. The molecule has 0 radical (unpaired) electrons. The van der Waals surface area contributed by atoms with Gasteiger partial charge in [0, 0.05) is 24.4 Å². The Balaban J connectivity index is 2.21. The van der Waals surface area contributed by atoms with E-state index in [-0.39, 0.29) is 11.7 Å². The van der Waals surface area contributed by atoms with Gasteiger partial charge in [-0.1, -0.05) is 6.92 Å². The molecule has 2 rings (SSSR count). The summed E-state index contributed by atoms with van der Waals surface area (Å²) in [6.07, 6.45) is 3.44. The summed E-state index contributed by atoms with van der Waals surface area (Å²) < 4.78 is 7.54. The summed E-state index contributed by atoms with van der Waals surface area (Å²) in [5.74, 6) is 0. The summed E-state index contributed by atoms with van der Waals surface area (Å²) in [5, 5.41) is 3.33. The standard InChI is InChI=1S/C16H26N2O2/c1-4-7-17-10-15-12(2)9-13(3)18(16(15)19)11-14-6-5-8-20-14/h9,14,17H,4-8,10-11H2,1-3H3. The number of nitrogens with zero attached hydrogens (tertiary/aromatic N) is 1. The molecule has 0 saturated carbocycles. The second-order valence-electron chi connectivity index (χ2n) is 5.67. The normalized spacial score (nSPS) is 18.6. The predicted molar refractivity (Wildman–Crippen MR) is 81.1 cm³/mol. The van der Waals surface area contributed by atoms with Crippen molar-refractivity contribution in [1.29, 1.82) is 0 Å². The fourth-order valence-electron chi connectivity index (χ4n) is 2.79. The summed E-state index contributed by atoms with van der Waals surface area (Å²) in [7, 11) is 0. The van der Waals surface area contributed by atoms with E-state index in [1.165, 1.54) is 0 Å². The van der Waals surface area contributed by atoms with Crippen LogP contribution in [0.1, 0.15) is 43.0 Å². The van der Waals surface area contributed by atoms with Crippen LogP contribution in [-0.2, 0) is 17.8 Å². The molecule has 20 heavy (non-hydrogen) atoms. The Kier molecular flexibility index (Phi) is 5.38. The molecule has 1 aromatic rings. The van der Waals surface area contributed by atoms with Crippen molar-refractivity contribution in [2.45, 2.75) is 59.2 Å². The summed E-state index contributed by atoms with van der Waals surface area (Å²) in [5.41, 5.74) is 3.14. The number of rotatable bonds is 6. The van der Waals surface area contributed by atoms with Gasteiger partial charge in [0.05, 0.1) is 12.6 Å². The van der Waals surface area contributed by atoms with Gasteiger partial charge in [0.15, 0.2) is 0 Å². The molecule has 1 aliphatic rings. The SMILES string of the molecule is CCCNCc1c(C)cc(C)n(CC2CCCO2)c1=O. The van der Waals surface area contributed by atoms with Crippen molar-refractivity contribution in [3.05, 3.63) is 33.2 Å². The number of hydrogen-bond acceptors (Lipinski definition) is 3. The first-order valence-electron chi connectivity index (χ1n) is 7.65. The number of nitrogens with one attached hydrogen (secondary N) is 1. The zero-order chi connectivity index (χ0) is 14.5. The van der Waals surface area contributed by atoms with Gasteiger partial charge >= 0.3 is 0 Å². The van der Waals surface area contributed by atoms with Gasteiger partial charge in [-0.25, -0.2) is 0 Å². The molecule has 2 heterocycles. The topological polar surface area (TPSA) is 43.3 Å². The minimum atomic E-state index is 0.140. The maximum absolute atomic E-state index is 12.7. The first kappa shape index (κ1) is 15.3. The molecule has 1 unspecified atom stereocenters. The van der Waals surface area contributed by atoms with Crippen molar-refractivity contribution in [3.63, 3.8) is 0 Å². The highest BCUT2D eigenvalue weighted by Crippen LogP contribution is 2.15. The molecule has 0 aromatic carbocycles. The van der Waals surface area contributed by atoms with Crippen LogP contribution in [0.5, 0.6) is 0 Å². The van der Waals surface area contributed by atoms with Gasteiger partial charge in [0.25, 0.3) is 5.56 Å². The van der Waals surface area contributed by atoms with E-state index in [4.69, 9.17) is 4.74 Å². The quantitative estimate of drug-likeness (QED) is 0.811. The lowest BCUT2D eigenvalue weighted by molar-refractivity contribution is 0.0955. The largest absolute Gasteiger partial charge is 0.376 e. The van der Waals surface area contributed by atoms with Crippen molar-refractivity contribution in [2.24, 2.45) is 0 Å². The molecule has 1 atom stereocenters. The summed E-state index contributed by atoms with van der Waals surface area (Å²) in [6.45, 7) is 9.27. The lowest BCUT2D eigenvalue weighted by Crippen LogP contribution is -2.33. The Morgan fingerprint density at radius 3 is 2.90 bits per heavy atom. The van der Waals surface area contributed by atoms with E-state index in [0.717, 1.165) is 49.2 Å². The highest BCUT2D eigenvalue weighted by atomic mass is 16.5. The van der Waals surface area contributed by atoms with Crippen molar-refractivity contribution in [3.8, 4) is 0 Å². The molecule has 0 bridgehead atoms. The highest BCUT2D eigenvalue weighted by molar-refractivity contribution is 5.26. The monoisotopic (exact) mass is 278 g/mol. The Bertz CT molecular complexity index is 502. The number of aryl methyl sites for hydroxylation is 2. The number of aromatic nitrogens is 1. The number of ether oxygens (including phenoxy) is 1. The van der Waals surface area contributed by atoms with Crippen LogP contribution < -0.4 is 10.9 Å². The third-order valence-corrected chi connectivity index (χ3v) is 3.97. The minimum Gasteiger partial charge on any atom is -0.376 e. The van der Waals surface area contributed by atoms with E-state index < -0.39 is 0 Å². The van der Waals surface area contributed by atoms with Crippen molar-refractivity contribution in [2.75, 3.05) is 13.2 Å². The molecule has 1 N–H and O–H groups in total. The lowest BCUT2D eigenvalue weighted by atomic mass is 10.1. The van der Waals surface area contributed by atoms with Crippen LogP contribution in [-0.4, -0.2) is 23.8 Å². The number of hydrogen-bond donors (Lipinski definition) is 1. The lowest BCUT2D eigenvalue weighted by Gasteiger charge is -2.17. The molecule has 0 spiro atoms. The molecule has 0 aliphatic carbocycles. The molecular weight excluding hydrogens is 252 g/mol. The third-order valence-electron chi connectivity index (χ3n) is 3.97. The third kappa shape index (κ3) is 3.49. The van der Waals surface area contributed by atoms with E-state index in [1.807, 2.05) is 18.4 Å². The van der Waals surface area contributed by atoms with E-state index in [0.29, 0.717) is 13.1 Å². The van der Waals surface area contributed by atoms with Gasteiger partial charge in [-0.05, 0) is 51.3 Å². The van der Waals surface area contributed by atoms with Gasteiger partial charge in [-0.15, -0.1) is 0 Å². The van der Waals surface area contributed by atoms with Gasteiger partial charge < -0.3 is 14.6 Å². The maximum Gasteiger partial charge on any atom is 0.255 e. The Hall–Kier alpha value is -1.13. The Labute approximate surface area is 121 Å². The van der Waals surface area contributed by atoms with Gasteiger partial charge in [-0.2, -0.15) is 0 Å². The molecule has 1 aromatic heterocycles. The van der Waals surface area contributed by atoms with E-state index in [9.17, 15) is 4.79 Å². The Morgan fingerprint density at radius 2 is 2.25 bits per heavy atom. The van der Waals surface area contributed by atoms with Crippen LogP contribution in [0.4, 0.5) is 0 Å². The molecule has 4 heteroatoms. The molecule has 1 saturated heterocycles. The zero-order valence-corrected chi connectivity index (χ0v) is 12.9. The Morgan fingerprint density at radius 1 is 1.45 bits per heavy atom. The van der Waals surface area contributed by atoms with Crippen LogP contribution in [0.25, 0.3) is 0 Å². The molecule has 1 aliphatic heterocycles. The first-order valence-corrected chi connectivity index (χ1v) is 7.65. The summed E-state index contributed by atoms with van der Waals surface area (Å²) >= 11 is 0. The van der Waals surface area contributed by atoms with Gasteiger partial charge in [-0.3, -0.25) is 4.79 Å². The van der Waals surface area contributed by atoms with E-state index in [2.05, 4.69) is 18.3 Å². The molecule has 112 valence electrons. The van der Waals surface area contributed by atoms with Crippen LogP contribution in [0.3, 0.4) is 0 Å². The first-order chi connectivity index (χ1) is 9.63. The smallest absolute Gasteiger partial charge is 0.255 e. The predicted octanol–water partition coefficient (Wildman–Crippen LogP) is 2.14. The van der Waals surface area contributed by atoms with Crippen LogP contribution >= 0.6 is 0 Å². The fourth-order valence-corrected chi connectivity index (χ4v) is 2.79. The van der Waals surface area contributed by atoms with Crippen LogP contribution in [0.2, 0.25) is 0 Å². The molecule has 4 nitrogen and oxygen atoms in total. The van der Waals surface area contributed by atoms with Gasteiger partial charge in [0.2, 0.25) is 0 Å². The summed E-state index contributed by atoms with van der Waals surface area (Å²) in [6, 6.07) is 2.11. The number of pyridine rings is 1. The van der Waals surface area contributed by atoms with E-state index >= 15 is 0 Å². The fraction of sp³-hybridized carbons (Fsp3) is 0.688. The van der Waals surface area contributed by atoms with Gasteiger partial charge in [0.1, 0.15) is 0 Å². The second-order valence-corrected chi connectivity index (χ2v) is 5.67. The minimum absolute atomic E-state index is 0.140. The zero-order valence-electron chi connectivity index (χ0n) is 12.9. The van der Waals surface area contributed by atoms with Crippen LogP contribution in [0, 0.1) is 13.8 Å². The van der Waals surface area contributed by atoms with Crippen molar-refractivity contribution < 1.29 is 4.74 Å². The maximum atomic E-state index is 12.7. The second kappa shape index (κ2) is 7.04. The van der Waals surface area contributed by atoms with E-state index in [1.54, 1.807) is 0 Å². The molecule has 1 fully saturated rings. The molecular formula is C16H26N2O2. The molecule has 0 amide bonds. The van der Waals surface area contributed by atoms with Crippen molar-refractivity contribution >= 4 is 0 Å². The summed E-state index contributed by atoms with van der Waals surface area (Å²) in [4.78, 5) is 12.7.